The second-order valence-electron chi connectivity index (χ2n) is 7.10. The van der Waals surface area contributed by atoms with Gasteiger partial charge in [-0.1, -0.05) is 17.7 Å². The summed E-state index contributed by atoms with van der Waals surface area (Å²) in [7, 11) is 0. The zero-order valence-electron chi connectivity index (χ0n) is 15.6. The Balaban J connectivity index is 1.38. The molecule has 1 saturated heterocycles. The summed E-state index contributed by atoms with van der Waals surface area (Å²) < 4.78 is 1.14. The van der Waals surface area contributed by atoms with Crippen LogP contribution in [0.15, 0.2) is 35.7 Å². The second kappa shape index (κ2) is 8.69. The lowest BCUT2D eigenvalue weighted by molar-refractivity contribution is -0.132. The number of amides is 3. The summed E-state index contributed by atoms with van der Waals surface area (Å²) in [5.74, 6) is 0.388. The Labute approximate surface area is 181 Å². The van der Waals surface area contributed by atoms with E-state index in [1.54, 1.807) is 11.3 Å². The van der Waals surface area contributed by atoms with Crippen LogP contribution in [0.3, 0.4) is 0 Å². The molecule has 1 unspecified atom stereocenters. The van der Waals surface area contributed by atoms with E-state index in [0.29, 0.717) is 24.0 Å². The Hall–Kier alpha value is -2.16. The van der Waals surface area contributed by atoms with E-state index >= 15 is 0 Å². The number of carbonyl (C=O) groups excluding carboxylic acids is 2. The van der Waals surface area contributed by atoms with E-state index in [4.69, 9.17) is 22.3 Å². The molecule has 0 radical (unpaired) electrons. The molecule has 1 aliphatic rings. The number of primary amides is 1. The minimum atomic E-state index is -0.620. The maximum atomic E-state index is 12.8. The fourth-order valence-corrected chi connectivity index (χ4v) is 5.72. The number of nitrogens with zero attached hydrogens (tertiary/aromatic N) is 2. The maximum absolute atomic E-state index is 12.8. The molecule has 3 aromatic rings. The van der Waals surface area contributed by atoms with Gasteiger partial charge in [-0.15, -0.1) is 22.7 Å². The Kier molecular flexibility index (Phi) is 6.03. The van der Waals surface area contributed by atoms with Crippen LogP contribution in [0, 0.1) is 0 Å². The predicted molar refractivity (Wildman–Crippen MR) is 118 cm³/mol. The minimum Gasteiger partial charge on any atom is -0.352 e. The molecule has 1 fully saturated rings. The largest absolute Gasteiger partial charge is 0.352 e. The molecule has 4 rings (SSSR count). The van der Waals surface area contributed by atoms with Gasteiger partial charge in [0.15, 0.2) is 0 Å². The zero-order valence-corrected chi connectivity index (χ0v) is 18.0. The molecular weight excluding hydrogens is 428 g/mol. The Morgan fingerprint density at radius 2 is 2.10 bits per heavy atom. The average Bonchev–Trinajstić information content (AvgIpc) is 3.37. The Morgan fingerprint density at radius 1 is 1.31 bits per heavy atom. The predicted octanol–water partition coefficient (Wildman–Crippen LogP) is 4.52. The molecule has 3 amide bonds. The molecule has 0 aliphatic carbocycles. The third-order valence-electron chi connectivity index (χ3n) is 5.14. The molecule has 29 heavy (non-hydrogen) atoms. The number of urea groups is 1. The summed E-state index contributed by atoms with van der Waals surface area (Å²) in [4.78, 5) is 31.7. The molecule has 0 spiro atoms. The molecule has 0 bridgehead atoms. The Morgan fingerprint density at radius 3 is 2.79 bits per heavy atom. The molecule has 0 saturated carbocycles. The molecule has 2 aromatic heterocycles. The van der Waals surface area contributed by atoms with Crippen molar-refractivity contribution in [1.82, 2.24) is 15.2 Å². The number of fused-ring (bicyclic) bond motifs is 1. The monoisotopic (exact) mass is 448 g/mol. The number of benzene rings is 1. The van der Waals surface area contributed by atoms with Crippen molar-refractivity contribution < 1.29 is 9.59 Å². The number of hydrogen-bond donors (Lipinski definition) is 2. The number of nitrogens with two attached hydrogens (primary N) is 1. The van der Waals surface area contributed by atoms with Gasteiger partial charge in [-0.3, -0.25) is 4.79 Å². The first-order valence-corrected chi connectivity index (χ1v) is 11.5. The van der Waals surface area contributed by atoms with Crippen molar-refractivity contribution in [3.05, 3.63) is 50.6 Å². The van der Waals surface area contributed by atoms with Crippen molar-refractivity contribution in [2.24, 2.45) is 5.73 Å². The highest BCUT2D eigenvalue weighted by Crippen LogP contribution is 2.35. The van der Waals surface area contributed by atoms with Crippen molar-refractivity contribution in [1.29, 1.82) is 0 Å². The van der Waals surface area contributed by atoms with Gasteiger partial charge in [-0.2, -0.15) is 0 Å². The highest BCUT2D eigenvalue weighted by atomic mass is 35.5. The SMILES string of the molecule is NC(=O)NC(CC(=O)N1CCC(c2nc3cc(Cl)ccc3s2)CC1)c1cccs1. The van der Waals surface area contributed by atoms with Crippen LogP contribution >= 0.6 is 34.3 Å². The third kappa shape index (κ3) is 4.71. The Bertz CT molecular complexity index is 1010. The van der Waals surface area contributed by atoms with E-state index < -0.39 is 6.03 Å². The van der Waals surface area contributed by atoms with Gasteiger partial charge in [0.05, 0.1) is 27.7 Å². The first-order valence-electron chi connectivity index (χ1n) is 9.42. The average molecular weight is 449 g/mol. The van der Waals surface area contributed by atoms with Crippen LogP contribution in [0.1, 0.15) is 41.1 Å². The summed E-state index contributed by atoms with van der Waals surface area (Å²) >= 11 is 9.27. The van der Waals surface area contributed by atoms with Crippen LogP contribution in [-0.2, 0) is 4.79 Å². The van der Waals surface area contributed by atoms with Crippen LogP contribution in [0.2, 0.25) is 5.02 Å². The van der Waals surface area contributed by atoms with Gasteiger partial charge in [-0.25, -0.2) is 9.78 Å². The number of carbonyl (C=O) groups is 2. The first-order chi connectivity index (χ1) is 14.0. The molecule has 3 N–H and O–H groups in total. The molecular formula is C20H21ClN4O2S2. The third-order valence-corrected chi connectivity index (χ3v) is 7.56. The molecule has 1 aliphatic heterocycles. The smallest absolute Gasteiger partial charge is 0.312 e. The van der Waals surface area contributed by atoms with E-state index in [1.807, 2.05) is 40.6 Å². The first kappa shape index (κ1) is 20.1. The topological polar surface area (TPSA) is 88.3 Å². The number of rotatable bonds is 5. The lowest BCUT2D eigenvalue weighted by Crippen LogP contribution is -2.41. The van der Waals surface area contributed by atoms with Crippen molar-refractivity contribution in [3.8, 4) is 0 Å². The fourth-order valence-electron chi connectivity index (χ4n) is 3.66. The highest BCUT2D eigenvalue weighted by molar-refractivity contribution is 7.18. The number of piperidine rings is 1. The van der Waals surface area contributed by atoms with Crippen LogP contribution in [0.5, 0.6) is 0 Å². The number of halogens is 1. The van der Waals surface area contributed by atoms with E-state index in [9.17, 15) is 9.59 Å². The molecule has 1 atom stereocenters. The molecule has 152 valence electrons. The molecule has 1 aromatic carbocycles. The zero-order chi connectivity index (χ0) is 20.4. The number of nitrogens with one attached hydrogen (secondary N) is 1. The van der Waals surface area contributed by atoms with E-state index in [0.717, 1.165) is 32.9 Å². The number of likely N-dealkylation sites (tertiary alicyclic amines) is 1. The number of aromatic nitrogens is 1. The van der Waals surface area contributed by atoms with E-state index in [1.165, 1.54) is 11.3 Å². The minimum absolute atomic E-state index is 0.0340. The number of hydrogen-bond acceptors (Lipinski definition) is 5. The second-order valence-corrected chi connectivity index (χ2v) is 9.58. The van der Waals surface area contributed by atoms with Gasteiger partial charge in [0.25, 0.3) is 0 Å². The number of thiophene rings is 1. The van der Waals surface area contributed by atoms with E-state index in [-0.39, 0.29) is 18.4 Å². The summed E-state index contributed by atoms with van der Waals surface area (Å²) in [6.45, 7) is 1.38. The number of thiazole rings is 1. The summed E-state index contributed by atoms with van der Waals surface area (Å²) in [5.41, 5.74) is 6.23. The highest BCUT2D eigenvalue weighted by Gasteiger charge is 2.28. The molecule has 6 nitrogen and oxygen atoms in total. The normalized spacial score (nSPS) is 16.1. The van der Waals surface area contributed by atoms with Gasteiger partial charge in [0.1, 0.15) is 0 Å². The van der Waals surface area contributed by atoms with Crippen LogP contribution in [0.4, 0.5) is 4.79 Å². The van der Waals surface area contributed by atoms with Crippen LogP contribution in [0.25, 0.3) is 10.2 Å². The molecule has 9 heteroatoms. The summed E-state index contributed by atoms with van der Waals surface area (Å²) in [6, 6.07) is 8.59. The van der Waals surface area contributed by atoms with Gasteiger partial charge < -0.3 is 16.0 Å². The van der Waals surface area contributed by atoms with E-state index in [2.05, 4.69) is 5.32 Å². The van der Waals surface area contributed by atoms with Crippen molar-refractivity contribution >= 4 is 56.4 Å². The quantitative estimate of drug-likeness (QED) is 0.601. The summed E-state index contributed by atoms with van der Waals surface area (Å²) in [6.07, 6.45) is 1.98. The van der Waals surface area contributed by atoms with Gasteiger partial charge in [0, 0.05) is 28.9 Å². The lowest BCUT2D eigenvalue weighted by atomic mass is 9.97. The van der Waals surface area contributed by atoms with Gasteiger partial charge in [0.2, 0.25) is 5.91 Å². The summed E-state index contributed by atoms with van der Waals surface area (Å²) in [5, 5.41) is 6.42. The maximum Gasteiger partial charge on any atom is 0.312 e. The van der Waals surface area contributed by atoms with Gasteiger partial charge >= 0.3 is 6.03 Å². The fraction of sp³-hybridized carbons (Fsp3) is 0.350. The molecule has 3 heterocycles. The van der Waals surface area contributed by atoms with Crippen molar-refractivity contribution in [2.75, 3.05) is 13.1 Å². The van der Waals surface area contributed by atoms with Crippen LogP contribution < -0.4 is 11.1 Å². The standard InChI is InChI=1S/C20H21ClN4O2S2/c21-13-3-4-17-14(10-13)23-19(29-17)12-5-7-25(8-6-12)18(26)11-15(24-20(22)27)16-2-1-9-28-16/h1-4,9-10,12,15H,5-8,11H2,(H3,22,24,27). The lowest BCUT2D eigenvalue weighted by Gasteiger charge is -2.32. The van der Waals surface area contributed by atoms with Crippen molar-refractivity contribution in [2.45, 2.75) is 31.2 Å². The van der Waals surface area contributed by atoms with Crippen molar-refractivity contribution in [3.63, 3.8) is 0 Å². The van der Waals surface area contributed by atoms with Gasteiger partial charge in [-0.05, 0) is 42.5 Å². The van der Waals surface area contributed by atoms with Crippen LogP contribution in [-0.4, -0.2) is 34.9 Å².